The van der Waals surface area contributed by atoms with Crippen molar-refractivity contribution in [3.05, 3.63) is 59.0 Å². The maximum Gasteiger partial charge on any atom is 0.416 e. The van der Waals surface area contributed by atoms with Gasteiger partial charge in [-0.05, 0) is 29.3 Å². The van der Waals surface area contributed by atoms with Crippen LogP contribution in [-0.2, 0) is 19.3 Å². The van der Waals surface area contributed by atoms with Gasteiger partial charge in [0.1, 0.15) is 5.82 Å². The van der Waals surface area contributed by atoms with Crippen molar-refractivity contribution in [2.24, 2.45) is 4.99 Å². The van der Waals surface area contributed by atoms with Crippen LogP contribution in [-0.4, -0.2) is 25.1 Å². The van der Waals surface area contributed by atoms with Gasteiger partial charge in [-0.3, -0.25) is 4.99 Å². The maximum absolute atomic E-state index is 13.1. The zero-order valence-corrected chi connectivity index (χ0v) is 16.9. The standard InChI is InChI=1S/C17H18F4N4O.HI/c1-22-16(24-9-11-5-6-23-15(7-11)26-2)25-10-12-3-4-13(18)8-14(12)17(19,20)21;/h3-8H,9-10H2,1-2H3,(H2,22,24,25);1H. The van der Waals surface area contributed by atoms with Gasteiger partial charge in [-0.25, -0.2) is 9.37 Å². The van der Waals surface area contributed by atoms with E-state index in [1.165, 1.54) is 14.2 Å². The zero-order chi connectivity index (χ0) is 19.2. The first-order valence-electron chi connectivity index (χ1n) is 7.62. The number of methoxy groups -OCH3 is 1. The second-order valence-corrected chi connectivity index (χ2v) is 5.29. The van der Waals surface area contributed by atoms with Crippen LogP contribution in [0.2, 0.25) is 0 Å². The summed E-state index contributed by atoms with van der Waals surface area (Å²) in [7, 11) is 3.00. The van der Waals surface area contributed by atoms with Crippen LogP contribution in [0.15, 0.2) is 41.5 Å². The highest BCUT2D eigenvalue weighted by Crippen LogP contribution is 2.32. The molecule has 0 atom stereocenters. The number of guanidine groups is 1. The van der Waals surface area contributed by atoms with Crippen molar-refractivity contribution in [3.63, 3.8) is 0 Å². The van der Waals surface area contributed by atoms with Crippen molar-refractivity contribution in [1.82, 2.24) is 15.6 Å². The predicted molar refractivity (Wildman–Crippen MR) is 105 cm³/mol. The van der Waals surface area contributed by atoms with E-state index in [1.807, 2.05) is 0 Å². The maximum atomic E-state index is 13.1. The molecule has 1 heterocycles. The number of hydrogen-bond donors (Lipinski definition) is 2. The van der Waals surface area contributed by atoms with Crippen LogP contribution >= 0.6 is 24.0 Å². The van der Waals surface area contributed by atoms with Crippen LogP contribution in [0, 0.1) is 5.82 Å². The fourth-order valence-corrected chi connectivity index (χ4v) is 2.22. The number of nitrogens with zero attached hydrogens (tertiary/aromatic N) is 2. The summed E-state index contributed by atoms with van der Waals surface area (Å²) in [5, 5.41) is 5.76. The number of pyridine rings is 1. The molecule has 2 N–H and O–H groups in total. The molecule has 10 heteroatoms. The van der Waals surface area contributed by atoms with Crippen molar-refractivity contribution in [2.45, 2.75) is 19.3 Å². The number of rotatable bonds is 5. The molecule has 0 saturated heterocycles. The van der Waals surface area contributed by atoms with Gasteiger partial charge >= 0.3 is 6.18 Å². The van der Waals surface area contributed by atoms with Gasteiger partial charge in [0.2, 0.25) is 5.88 Å². The summed E-state index contributed by atoms with van der Waals surface area (Å²) in [6.07, 6.45) is -3.05. The van der Waals surface area contributed by atoms with Gasteiger partial charge in [-0.15, -0.1) is 24.0 Å². The Hall–Kier alpha value is -2.11. The molecule has 0 aliphatic carbocycles. The zero-order valence-electron chi connectivity index (χ0n) is 14.6. The molecule has 5 nitrogen and oxygen atoms in total. The lowest BCUT2D eigenvalue weighted by molar-refractivity contribution is -0.138. The molecular weight excluding hydrogens is 479 g/mol. The van der Waals surface area contributed by atoms with E-state index >= 15 is 0 Å². The third kappa shape index (κ3) is 6.85. The highest BCUT2D eigenvalue weighted by Gasteiger charge is 2.33. The monoisotopic (exact) mass is 498 g/mol. The number of halogens is 5. The second kappa shape index (κ2) is 10.3. The van der Waals surface area contributed by atoms with Crippen molar-refractivity contribution in [2.75, 3.05) is 14.2 Å². The van der Waals surface area contributed by atoms with Crippen LogP contribution in [0.4, 0.5) is 17.6 Å². The van der Waals surface area contributed by atoms with E-state index in [1.54, 1.807) is 18.3 Å². The van der Waals surface area contributed by atoms with Gasteiger partial charge in [-0.2, -0.15) is 13.2 Å². The number of ether oxygens (including phenoxy) is 1. The van der Waals surface area contributed by atoms with E-state index in [9.17, 15) is 17.6 Å². The minimum atomic E-state index is -4.64. The molecule has 0 radical (unpaired) electrons. The Morgan fingerprint density at radius 2 is 1.85 bits per heavy atom. The van der Waals surface area contributed by atoms with E-state index in [2.05, 4.69) is 20.6 Å². The summed E-state index contributed by atoms with van der Waals surface area (Å²) >= 11 is 0. The first kappa shape index (κ1) is 22.9. The quantitative estimate of drug-likeness (QED) is 0.286. The van der Waals surface area contributed by atoms with Crippen LogP contribution in [0.3, 0.4) is 0 Å². The summed E-state index contributed by atoms with van der Waals surface area (Å²) in [5.41, 5.74) is -0.232. The Balaban J connectivity index is 0.00000364. The molecule has 2 rings (SSSR count). The number of aliphatic imine (C=N–C) groups is 1. The molecule has 0 aliphatic rings. The van der Waals surface area contributed by atoms with Crippen LogP contribution < -0.4 is 15.4 Å². The minimum absolute atomic E-state index is 0. The summed E-state index contributed by atoms with van der Waals surface area (Å²) in [4.78, 5) is 7.95. The van der Waals surface area contributed by atoms with Gasteiger partial charge in [0.05, 0.1) is 12.7 Å². The lowest BCUT2D eigenvalue weighted by Crippen LogP contribution is -2.36. The largest absolute Gasteiger partial charge is 0.481 e. The van der Waals surface area contributed by atoms with E-state index in [-0.39, 0.29) is 36.1 Å². The van der Waals surface area contributed by atoms with Crippen LogP contribution in [0.5, 0.6) is 5.88 Å². The summed E-state index contributed by atoms with van der Waals surface area (Å²) in [6.45, 7) is 0.211. The summed E-state index contributed by atoms with van der Waals surface area (Å²) < 4.78 is 57.2. The van der Waals surface area contributed by atoms with E-state index < -0.39 is 17.6 Å². The van der Waals surface area contributed by atoms with Crippen molar-refractivity contribution in [1.29, 1.82) is 0 Å². The molecule has 2 aromatic rings. The van der Waals surface area contributed by atoms with E-state index in [0.29, 0.717) is 24.5 Å². The molecule has 0 bridgehead atoms. The van der Waals surface area contributed by atoms with E-state index in [0.717, 1.165) is 17.7 Å². The number of alkyl halides is 3. The third-order valence-electron chi connectivity index (χ3n) is 3.52. The molecule has 27 heavy (non-hydrogen) atoms. The molecule has 0 unspecified atom stereocenters. The Morgan fingerprint density at radius 3 is 2.48 bits per heavy atom. The number of nitrogens with one attached hydrogen (secondary N) is 2. The van der Waals surface area contributed by atoms with Gasteiger partial charge in [0, 0.05) is 32.4 Å². The fourth-order valence-electron chi connectivity index (χ4n) is 2.22. The van der Waals surface area contributed by atoms with Gasteiger partial charge in [-0.1, -0.05) is 6.07 Å². The average molecular weight is 498 g/mol. The first-order chi connectivity index (χ1) is 12.3. The van der Waals surface area contributed by atoms with Crippen molar-refractivity contribution in [3.8, 4) is 5.88 Å². The molecule has 0 saturated carbocycles. The first-order valence-corrected chi connectivity index (χ1v) is 7.62. The molecule has 1 aromatic carbocycles. The molecule has 0 spiro atoms. The normalized spacial score (nSPS) is 11.6. The molecule has 1 aromatic heterocycles. The lowest BCUT2D eigenvalue weighted by Gasteiger charge is -2.16. The molecule has 148 valence electrons. The van der Waals surface area contributed by atoms with Crippen LogP contribution in [0.1, 0.15) is 16.7 Å². The Morgan fingerprint density at radius 1 is 1.15 bits per heavy atom. The van der Waals surface area contributed by atoms with Crippen molar-refractivity contribution >= 4 is 29.9 Å². The topological polar surface area (TPSA) is 58.5 Å². The summed E-state index contributed by atoms with van der Waals surface area (Å²) in [5.74, 6) is -0.179. The second-order valence-electron chi connectivity index (χ2n) is 5.29. The van der Waals surface area contributed by atoms with Gasteiger partial charge in [0.25, 0.3) is 0 Å². The third-order valence-corrected chi connectivity index (χ3v) is 3.52. The van der Waals surface area contributed by atoms with Crippen LogP contribution in [0.25, 0.3) is 0 Å². The molecular formula is C17H19F4IN4O. The van der Waals surface area contributed by atoms with Gasteiger partial charge in [0.15, 0.2) is 5.96 Å². The van der Waals surface area contributed by atoms with E-state index in [4.69, 9.17) is 4.74 Å². The molecule has 0 aliphatic heterocycles. The predicted octanol–water partition coefficient (Wildman–Crippen LogP) is 3.73. The Labute approximate surface area is 171 Å². The Bertz CT molecular complexity index is 784. The average Bonchev–Trinajstić information content (AvgIpc) is 2.62. The highest BCUT2D eigenvalue weighted by atomic mass is 127. The minimum Gasteiger partial charge on any atom is -0.481 e. The highest BCUT2D eigenvalue weighted by molar-refractivity contribution is 14.0. The smallest absolute Gasteiger partial charge is 0.416 e. The molecule has 0 amide bonds. The number of benzene rings is 1. The fraction of sp³-hybridized carbons (Fsp3) is 0.294. The SMILES string of the molecule is CN=C(NCc1ccnc(OC)c1)NCc1ccc(F)cc1C(F)(F)F.I. The Kier molecular flexibility index (Phi) is 8.73. The summed E-state index contributed by atoms with van der Waals surface area (Å²) in [6, 6.07) is 6.07. The number of aromatic nitrogens is 1. The van der Waals surface area contributed by atoms with Gasteiger partial charge < -0.3 is 15.4 Å². The molecule has 0 fully saturated rings. The van der Waals surface area contributed by atoms with Crippen molar-refractivity contribution < 1.29 is 22.3 Å². The lowest BCUT2D eigenvalue weighted by atomic mass is 10.1. The number of hydrogen-bond acceptors (Lipinski definition) is 3.